The predicted molar refractivity (Wildman–Crippen MR) is 92.7 cm³/mol. The minimum atomic E-state index is -3.57. The number of nitrogens with one attached hydrogen (secondary N) is 1. The van der Waals surface area contributed by atoms with Crippen LogP contribution in [-0.4, -0.2) is 18.4 Å². The standard InChI is InChI=1S/C18H17N3O2S/c1-14-5-2-8-17(11-14)24(22,23)21-13-16-7-4-10-20-18(16)15-6-3-9-19-12-15/h2-12,21H,13H2,1H3. The number of hydrogen-bond donors (Lipinski definition) is 1. The first-order valence-corrected chi connectivity index (χ1v) is 8.95. The monoisotopic (exact) mass is 339 g/mol. The Morgan fingerprint density at radius 3 is 2.62 bits per heavy atom. The Kier molecular flexibility index (Phi) is 4.69. The van der Waals surface area contributed by atoms with Crippen molar-refractivity contribution >= 4 is 10.0 Å². The maximum atomic E-state index is 12.5. The average molecular weight is 339 g/mol. The van der Waals surface area contributed by atoms with E-state index in [1.165, 1.54) is 0 Å². The predicted octanol–water partition coefficient (Wildman–Crippen LogP) is 2.93. The molecule has 0 aliphatic rings. The second kappa shape index (κ2) is 6.90. The van der Waals surface area contributed by atoms with Crippen molar-refractivity contribution in [3.05, 3.63) is 78.2 Å². The van der Waals surface area contributed by atoms with Gasteiger partial charge in [0.15, 0.2) is 0 Å². The molecule has 122 valence electrons. The average Bonchev–Trinajstić information content (AvgIpc) is 2.61. The minimum Gasteiger partial charge on any atom is -0.264 e. The summed E-state index contributed by atoms with van der Waals surface area (Å²) < 4.78 is 27.6. The van der Waals surface area contributed by atoms with Crippen LogP contribution in [0.15, 0.2) is 72.0 Å². The summed E-state index contributed by atoms with van der Waals surface area (Å²) in [5, 5.41) is 0. The number of rotatable bonds is 5. The van der Waals surface area contributed by atoms with Crippen molar-refractivity contribution < 1.29 is 8.42 Å². The summed E-state index contributed by atoms with van der Waals surface area (Å²) in [4.78, 5) is 8.71. The van der Waals surface area contributed by atoms with Crippen LogP contribution in [0.3, 0.4) is 0 Å². The zero-order chi connectivity index (χ0) is 17.0. The summed E-state index contributed by atoms with van der Waals surface area (Å²) in [5.74, 6) is 0. The van der Waals surface area contributed by atoms with Crippen LogP contribution in [0.5, 0.6) is 0 Å². The van der Waals surface area contributed by atoms with Crippen LogP contribution < -0.4 is 4.72 Å². The third kappa shape index (κ3) is 3.67. The molecule has 0 saturated heterocycles. The first-order valence-electron chi connectivity index (χ1n) is 7.47. The van der Waals surface area contributed by atoms with Crippen molar-refractivity contribution in [3.8, 4) is 11.3 Å². The van der Waals surface area contributed by atoms with Gasteiger partial charge in [0.1, 0.15) is 0 Å². The van der Waals surface area contributed by atoms with Crippen molar-refractivity contribution in [2.75, 3.05) is 0 Å². The van der Waals surface area contributed by atoms with Crippen LogP contribution >= 0.6 is 0 Å². The molecule has 24 heavy (non-hydrogen) atoms. The second-order valence-electron chi connectivity index (χ2n) is 5.39. The van der Waals surface area contributed by atoms with Gasteiger partial charge >= 0.3 is 0 Å². The van der Waals surface area contributed by atoms with Crippen LogP contribution in [-0.2, 0) is 16.6 Å². The summed E-state index contributed by atoms with van der Waals surface area (Å²) in [6.07, 6.45) is 5.08. The van der Waals surface area contributed by atoms with E-state index in [-0.39, 0.29) is 11.4 Å². The fraction of sp³-hybridized carbons (Fsp3) is 0.111. The van der Waals surface area contributed by atoms with E-state index >= 15 is 0 Å². The molecule has 0 aliphatic carbocycles. The van der Waals surface area contributed by atoms with E-state index in [2.05, 4.69) is 14.7 Å². The number of pyridine rings is 2. The smallest absolute Gasteiger partial charge is 0.240 e. The third-order valence-corrected chi connectivity index (χ3v) is 4.98. The highest BCUT2D eigenvalue weighted by molar-refractivity contribution is 7.89. The lowest BCUT2D eigenvalue weighted by Gasteiger charge is -2.10. The molecule has 0 spiro atoms. The molecule has 0 fully saturated rings. The molecule has 0 saturated carbocycles. The van der Waals surface area contributed by atoms with Gasteiger partial charge in [0.05, 0.1) is 10.6 Å². The Labute approximate surface area is 141 Å². The van der Waals surface area contributed by atoms with E-state index < -0.39 is 10.0 Å². The molecule has 2 heterocycles. The van der Waals surface area contributed by atoms with E-state index in [4.69, 9.17) is 0 Å². The molecule has 2 aromatic heterocycles. The van der Waals surface area contributed by atoms with Gasteiger partial charge in [-0.25, -0.2) is 13.1 Å². The number of aryl methyl sites for hydroxylation is 1. The van der Waals surface area contributed by atoms with Gasteiger partial charge in [0, 0.05) is 30.7 Å². The zero-order valence-electron chi connectivity index (χ0n) is 13.2. The fourth-order valence-electron chi connectivity index (χ4n) is 2.38. The van der Waals surface area contributed by atoms with Crippen LogP contribution in [0, 0.1) is 6.92 Å². The van der Waals surface area contributed by atoms with E-state index in [0.29, 0.717) is 0 Å². The molecular weight excluding hydrogens is 322 g/mol. The number of nitrogens with zero attached hydrogens (tertiary/aromatic N) is 2. The van der Waals surface area contributed by atoms with Crippen LogP contribution in [0.4, 0.5) is 0 Å². The van der Waals surface area contributed by atoms with Crippen molar-refractivity contribution in [1.82, 2.24) is 14.7 Å². The van der Waals surface area contributed by atoms with Gasteiger partial charge in [-0.1, -0.05) is 18.2 Å². The van der Waals surface area contributed by atoms with Crippen molar-refractivity contribution in [1.29, 1.82) is 0 Å². The van der Waals surface area contributed by atoms with Gasteiger partial charge in [0.25, 0.3) is 0 Å². The number of benzene rings is 1. The summed E-state index contributed by atoms with van der Waals surface area (Å²) in [6.45, 7) is 2.02. The molecule has 6 heteroatoms. The topological polar surface area (TPSA) is 72.0 Å². The Bertz CT molecular complexity index is 941. The van der Waals surface area contributed by atoms with Gasteiger partial charge in [-0.15, -0.1) is 0 Å². The largest absolute Gasteiger partial charge is 0.264 e. The van der Waals surface area contributed by atoms with Crippen LogP contribution in [0.25, 0.3) is 11.3 Å². The zero-order valence-corrected chi connectivity index (χ0v) is 14.0. The molecular formula is C18H17N3O2S. The number of aromatic nitrogens is 2. The fourth-order valence-corrected chi connectivity index (χ4v) is 3.49. The molecule has 1 N–H and O–H groups in total. The lowest BCUT2D eigenvalue weighted by Crippen LogP contribution is -2.23. The van der Waals surface area contributed by atoms with Crippen molar-refractivity contribution in [2.45, 2.75) is 18.4 Å². The van der Waals surface area contributed by atoms with E-state index in [1.807, 2.05) is 31.2 Å². The molecule has 0 amide bonds. The Morgan fingerprint density at radius 1 is 1.04 bits per heavy atom. The Balaban J connectivity index is 1.85. The maximum Gasteiger partial charge on any atom is 0.240 e. The summed E-state index contributed by atoms with van der Waals surface area (Å²) >= 11 is 0. The van der Waals surface area contributed by atoms with Gasteiger partial charge < -0.3 is 0 Å². The summed E-state index contributed by atoms with van der Waals surface area (Å²) in [7, 11) is -3.57. The lowest BCUT2D eigenvalue weighted by molar-refractivity contribution is 0.581. The van der Waals surface area contributed by atoms with Gasteiger partial charge in [-0.2, -0.15) is 0 Å². The molecule has 0 atom stereocenters. The molecule has 3 aromatic rings. The highest BCUT2D eigenvalue weighted by Crippen LogP contribution is 2.20. The molecule has 3 rings (SSSR count). The van der Waals surface area contributed by atoms with Crippen LogP contribution in [0.1, 0.15) is 11.1 Å². The SMILES string of the molecule is Cc1cccc(S(=O)(=O)NCc2cccnc2-c2cccnc2)c1. The first kappa shape index (κ1) is 16.3. The summed E-state index contributed by atoms with van der Waals surface area (Å²) in [6, 6.07) is 14.2. The van der Waals surface area contributed by atoms with E-state index in [1.54, 1.807) is 42.9 Å². The number of hydrogen-bond acceptors (Lipinski definition) is 4. The van der Waals surface area contributed by atoms with Gasteiger partial charge in [0.2, 0.25) is 10.0 Å². The first-order chi connectivity index (χ1) is 11.6. The Morgan fingerprint density at radius 2 is 1.88 bits per heavy atom. The molecule has 0 unspecified atom stereocenters. The highest BCUT2D eigenvalue weighted by Gasteiger charge is 2.15. The molecule has 0 radical (unpaired) electrons. The number of sulfonamides is 1. The summed E-state index contributed by atoms with van der Waals surface area (Å²) in [5.41, 5.74) is 3.26. The second-order valence-corrected chi connectivity index (χ2v) is 7.16. The van der Waals surface area contributed by atoms with Gasteiger partial charge in [-0.3, -0.25) is 9.97 Å². The normalized spacial score (nSPS) is 11.4. The van der Waals surface area contributed by atoms with Crippen LogP contribution in [0.2, 0.25) is 0 Å². The Hall–Kier alpha value is -2.57. The molecule has 0 bridgehead atoms. The van der Waals surface area contributed by atoms with Gasteiger partial charge in [-0.05, 0) is 48.4 Å². The molecule has 0 aliphatic heterocycles. The maximum absolute atomic E-state index is 12.5. The van der Waals surface area contributed by atoms with E-state index in [0.717, 1.165) is 22.4 Å². The highest BCUT2D eigenvalue weighted by atomic mass is 32.2. The molecule has 1 aromatic carbocycles. The van der Waals surface area contributed by atoms with Crippen molar-refractivity contribution in [2.24, 2.45) is 0 Å². The third-order valence-electron chi connectivity index (χ3n) is 3.58. The minimum absolute atomic E-state index is 0.161. The quantitative estimate of drug-likeness (QED) is 0.776. The lowest BCUT2D eigenvalue weighted by atomic mass is 10.1. The molecule has 5 nitrogen and oxygen atoms in total. The van der Waals surface area contributed by atoms with E-state index in [9.17, 15) is 8.42 Å². The van der Waals surface area contributed by atoms with Crippen molar-refractivity contribution in [3.63, 3.8) is 0 Å².